The Morgan fingerprint density at radius 2 is 1.88 bits per heavy atom. The average Bonchev–Trinajstić information content (AvgIpc) is 3.04. The summed E-state index contributed by atoms with van der Waals surface area (Å²) in [6.07, 6.45) is 1.67. The number of hydrogen-bond acceptors (Lipinski definition) is 6. The lowest BCUT2D eigenvalue weighted by Crippen LogP contribution is -2.45. The number of aromatic nitrogens is 3. The molecule has 2 saturated heterocycles. The van der Waals surface area contributed by atoms with Gasteiger partial charge in [-0.1, -0.05) is 23.7 Å². The van der Waals surface area contributed by atoms with Gasteiger partial charge in [0.15, 0.2) is 17.4 Å². The van der Waals surface area contributed by atoms with Crippen molar-refractivity contribution in [2.45, 2.75) is 25.6 Å². The third-order valence-corrected chi connectivity index (χ3v) is 4.79. The van der Waals surface area contributed by atoms with Gasteiger partial charge in [0, 0.05) is 36.5 Å². The van der Waals surface area contributed by atoms with Gasteiger partial charge in [-0.05, 0) is 19.1 Å². The second-order valence-corrected chi connectivity index (χ2v) is 6.59. The SMILES string of the molecule is Cc1nnc(-c2cccc(Cl)c2)nc1N1CCC2(CC1)OCCO2. The van der Waals surface area contributed by atoms with Crippen molar-refractivity contribution in [1.82, 2.24) is 15.2 Å². The average molecular weight is 347 g/mol. The molecule has 2 fully saturated rings. The molecular formula is C17H19ClN4O2. The Hall–Kier alpha value is -1.76. The monoisotopic (exact) mass is 346 g/mol. The van der Waals surface area contributed by atoms with Gasteiger partial charge in [0.25, 0.3) is 0 Å². The van der Waals surface area contributed by atoms with E-state index in [1.54, 1.807) is 0 Å². The van der Waals surface area contributed by atoms with E-state index in [0.717, 1.165) is 43.0 Å². The highest BCUT2D eigenvalue weighted by molar-refractivity contribution is 6.30. The summed E-state index contributed by atoms with van der Waals surface area (Å²) >= 11 is 6.07. The molecule has 0 radical (unpaired) electrons. The van der Waals surface area contributed by atoms with E-state index in [4.69, 9.17) is 26.1 Å². The molecular weight excluding hydrogens is 328 g/mol. The van der Waals surface area contributed by atoms with Gasteiger partial charge in [0.1, 0.15) is 5.69 Å². The molecule has 0 saturated carbocycles. The third-order valence-electron chi connectivity index (χ3n) is 4.55. The van der Waals surface area contributed by atoms with Crippen LogP contribution >= 0.6 is 11.6 Å². The zero-order valence-corrected chi connectivity index (χ0v) is 14.3. The Morgan fingerprint density at radius 3 is 2.58 bits per heavy atom. The number of benzene rings is 1. The van der Waals surface area contributed by atoms with Crippen molar-refractivity contribution in [3.05, 3.63) is 35.0 Å². The van der Waals surface area contributed by atoms with Gasteiger partial charge in [0.2, 0.25) is 0 Å². The Morgan fingerprint density at radius 1 is 1.12 bits per heavy atom. The second kappa shape index (κ2) is 6.27. The lowest BCUT2D eigenvalue weighted by Gasteiger charge is -2.38. The first-order valence-electron chi connectivity index (χ1n) is 8.15. The molecule has 0 bridgehead atoms. The van der Waals surface area contributed by atoms with Crippen LogP contribution in [0.25, 0.3) is 11.4 Å². The van der Waals surface area contributed by atoms with Crippen LogP contribution in [0.5, 0.6) is 0 Å². The van der Waals surface area contributed by atoms with Crippen LogP contribution in [-0.4, -0.2) is 47.3 Å². The van der Waals surface area contributed by atoms with Gasteiger partial charge in [-0.15, -0.1) is 10.2 Å². The normalized spacial score (nSPS) is 19.8. The molecule has 4 rings (SSSR count). The highest BCUT2D eigenvalue weighted by Gasteiger charge is 2.40. The van der Waals surface area contributed by atoms with Gasteiger partial charge >= 0.3 is 0 Å². The summed E-state index contributed by atoms with van der Waals surface area (Å²) in [5, 5.41) is 9.17. The van der Waals surface area contributed by atoms with Crippen molar-refractivity contribution in [3.63, 3.8) is 0 Å². The first-order valence-corrected chi connectivity index (χ1v) is 8.53. The molecule has 24 heavy (non-hydrogen) atoms. The van der Waals surface area contributed by atoms with Gasteiger partial charge < -0.3 is 14.4 Å². The Bertz CT molecular complexity index is 739. The van der Waals surface area contributed by atoms with Crippen molar-refractivity contribution < 1.29 is 9.47 Å². The second-order valence-electron chi connectivity index (χ2n) is 6.15. The summed E-state index contributed by atoms with van der Waals surface area (Å²) in [6.45, 7) is 4.97. The molecule has 0 aliphatic carbocycles. The number of ether oxygens (including phenoxy) is 2. The van der Waals surface area contributed by atoms with Crippen molar-refractivity contribution in [3.8, 4) is 11.4 Å². The Kier molecular flexibility index (Phi) is 4.12. The number of halogens is 1. The van der Waals surface area contributed by atoms with E-state index in [9.17, 15) is 0 Å². The largest absolute Gasteiger partial charge is 0.355 e. The minimum Gasteiger partial charge on any atom is -0.355 e. The fourth-order valence-corrected chi connectivity index (χ4v) is 3.46. The zero-order valence-electron chi connectivity index (χ0n) is 13.5. The van der Waals surface area contributed by atoms with Gasteiger partial charge in [-0.25, -0.2) is 4.98 Å². The molecule has 0 amide bonds. The summed E-state index contributed by atoms with van der Waals surface area (Å²) in [7, 11) is 0. The maximum Gasteiger partial charge on any atom is 0.183 e. The molecule has 1 spiro atoms. The van der Waals surface area contributed by atoms with E-state index in [1.165, 1.54) is 0 Å². The van der Waals surface area contributed by atoms with Gasteiger partial charge in [-0.3, -0.25) is 0 Å². The molecule has 6 nitrogen and oxygen atoms in total. The van der Waals surface area contributed by atoms with Crippen LogP contribution in [0.3, 0.4) is 0 Å². The van der Waals surface area contributed by atoms with Crippen molar-refractivity contribution >= 4 is 17.4 Å². The quantitative estimate of drug-likeness (QED) is 0.833. The number of hydrogen-bond donors (Lipinski definition) is 0. The molecule has 0 atom stereocenters. The van der Waals surface area contributed by atoms with Crippen LogP contribution < -0.4 is 4.90 Å². The fourth-order valence-electron chi connectivity index (χ4n) is 3.26. The minimum atomic E-state index is -0.388. The summed E-state index contributed by atoms with van der Waals surface area (Å²) < 4.78 is 11.6. The number of anilines is 1. The number of nitrogens with zero attached hydrogens (tertiary/aromatic N) is 4. The van der Waals surface area contributed by atoms with Gasteiger partial charge in [0.05, 0.1) is 13.2 Å². The number of piperidine rings is 1. The molecule has 0 N–H and O–H groups in total. The Labute approximate surface area is 145 Å². The van der Waals surface area contributed by atoms with Crippen LogP contribution in [-0.2, 0) is 9.47 Å². The summed E-state index contributed by atoms with van der Waals surface area (Å²) in [4.78, 5) is 6.96. The van der Waals surface area contributed by atoms with Crippen LogP contribution in [0.1, 0.15) is 18.5 Å². The van der Waals surface area contributed by atoms with E-state index < -0.39 is 0 Å². The lowest BCUT2D eigenvalue weighted by atomic mass is 10.0. The topological polar surface area (TPSA) is 60.4 Å². The maximum atomic E-state index is 6.07. The zero-order chi connectivity index (χ0) is 16.6. The van der Waals surface area contributed by atoms with E-state index >= 15 is 0 Å². The fraction of sp³-hybridized carbons (Fsp3) is 0.471. The van der Waals surface area contributed by atoms with Crippen LogP contribution in [0.2, 0.25) is 5.02 Å². The summed E-state index contributed by atoms with van der Waals surface area (Å²) in [5.41, 5.74) is 1.69. The van der Waals surface area contributed by atoms with E-state index in [1.807, 2.05) is 31.2 Å². The van der Waals surface area contributed by atoms with E-state index in [2.05, 4.69) is 15.1 Å². The van der Waals surface area contributed by atoms with Gasteiger partial charge in [-0.2, -0.15) is 0 Å². The van der Waals surface area contributed by atoms with Crippen LogP contribution in [0, 0.1) is 6.92 Å². The molecule has 2 aromatic rings. The van der Waals surface area contributed by atoms with Crippen molar-refractivity contribution in [2.75, 3.05) is 31.2 Å². The smallest absolute Gasteiger partial charge is 0.183 e. The van der Waals surface area contributed by atoms with E-state index in [-0.39, 0.29) is 5.79 Å². The minimum absolute atomic E-state index is 0.388. The highest BCUT2D eigenvalue weighted by atomic mass is 35.5. The Balaban J connectivity index is 1.58. The van der Waals surface area contributed by atoms with Crippen LogP contribution in [0.4, 0.5) is 5.82 Å². The molecule has 2 aliphatic heterocycles. The third kappa shape index (κ3) is 2.97. The molecule has 7 heteroatoms. The number of aryl methyl sites for hydroxylation is 1. The predicted octanol–water partition coefficient (Wildman–Crippen LogP) is 2.84. The van der Waals surface area contributed by atoms with Crippen molar-refractivity contribution in [2.24, 2.45) is 0 Å². The molecule has 0 unspecified atom stereocenters. The maximum absolute atomic E-state index is 6.07. The van der Waals surface area contributed by atoms with Crippen molar-refractivity contribution in [1.29, 1.82) is 0 Å². The standard InChI is InChI=1S/C17H19ClN4O2/c1-12-16(22-7-5-17(6-8-22)23-9-10-24-17)19-15(21-20-12)13-3-2-4-14(18)11-13/h2-4,11H,5-10H2,1H3. The molecule has 1 aromatic heterocycles. The lowest BCUT2D eigenvalue weighted by molar-refractivity contribution is -0.169. The number of rotatable bonds is 2. The summed E-state index contributed by atoms with van der Waals surface area (Å²) in [5.74, 6) is 1.07. The van der Waals surface area contributed by atoms with Crippen LogP contribution in [0.15, 0.2) is 24.3 Å². The molecule has 1 aromatic carbocycles. The molecule has 2 aliphatic rings. The first kappa shape index (κ1) is 15.7. The summed E-state index contributed by atoms with van der Waals surface area (Å²) in [6, 6.07) is 7.51. The predicted molar refractivity (Wildman–Crippen MR) is 91.1 cm³/mol. The first-order chi connectivity index (χ1) is 11.7. The molecule has 3 heterocycles. The highest BCUT2D eigenvalue weighted by Crippen LogP contribution is 2.33. The van der Waals surface area contributed by atoms with E-state index in [0.29, 0.717) is 24.1 Å². The molecule has 126 valence electrons.